The number of hydrogen-bond donors (Lipinski definition) is 0. The molecule has 0 N–H and O–H groups in total. The van der Waals surface area contributed by atoms with Gasteiger partial charge in [-0.25, -0.2) is 4.98 Å². The molecular weight excluding hydrogens is 246 g/mol. The topological polar surface area (TPSA) is 39.9 Å². The van der Waals surface area contributed by atoms with E-state index in [0.29, 0.717) is 12.1 Å². The second-order valence-electron chi connectivity index (χ2n) is 5.69. The Hall–Kier alpha value is -2.08. The molecule has 0 amide bonds. The monoisotopic (exact) mass is 265 g/mol. The fourth-order valence-electron chi connectivity index (χ4n) is 3.26. The van der Waals surface area contributed by atoms with Crippen molar-refractivity contribution in [2.24, 2.45) is 0 Å². The minimum Gasteiger partial charge on any atom is -0.351 e. The van der Waals surface area contributed by atoms with E-state index in [9.17, 15) is 5.26 Å². The van der Waals surface area contributed by atoms with Crippen LogP contribution in [0.4, 0.5) is 5.82 Å². The van der Waals surface area contributed by atoms with E-state index < -0.39 is 0 Å². The van der Waals surface area contributed by atoms with Crippen LogP contribution in [0.1, 0.15) is 38.7 Å². The van der Waals surface area contributed by atoms with Crippen molar-refractivity contribution >= 4 is 16.7 Å². The van der Waals surface area contributed by atoms with Crippen LogP contribution in [0.25, 0.3) is 10.9 Å². The summed E-state index contributed by atoms with van der Waals surface area (Å²) in [6.45, 7) is 4.50. The van der Waals surface area contributed by atoms with Crippen molar-refractivity contribution in [2.45, 2.75) is 45.2 Å². The van der Waals surface area contributed by atoms with Crippen LogP contribution in [0, 0.1) is 11.3 Å². The normalized spacial score (nSPS) is 22.8. The van der Waals surface area contributed by atoms with Crippen molar-refractivity contribution in [3.8, 4) is 6.07 Å². The van der Waals surface area contributed by atoms with Crippen LogP contribution in [-0.4, -0.2) is 17.1 Å². The third kappa shape index (κ3) is 2.12. The SMILES string of the molecule is C[C@@H]1CCC[C@H](C)N1c1cc(C#N)c2ccccc2n1. The number of rotatable bonds is 1. The summed E-state index contributed by atoms with van der Waals surface area (Å²) in [5, 5.41) is 10.3. The minimum atomic E-state index is 0.485. The molecule has 1 saturated heterocycles. The first kappa shape index (κ1) is 12.9. The van der Waals surface area contributed by atoms with Crippen LogP contribution >= 0.6 is 0 Å². The average molecular weight is 265 g/mol. The van der Waals surface area contributed by atoms with Gasteiger partial charge in [0.1, 0.15) is 5.82 Å². The van der Waals surface area contributed by atoms with Crippen molar-refractivity contribution in [2.75, 3.05) is 4.90 Å². The number of aromatic nitrogens is 1. The van der Waals surface area contributed by atoms with Gasteiger partial charge in [0.05, 0.1) is 17.1 Å². The lowest BCUT2D eigenvalue weighted by atomic mass is 9.97. The zero-order valence-corrected chi connectivity index (χ0v) is 12.0. The highest BCUT2D eigenvalue weighted by Gasteiger charge is 2.26. The molecule has 20 heavy (non-hydrogen) atoms. The van der Waals surface area contributed by atoms with E-state index in [-0.39, 0.29) is 0 Å². The molecule has 2 atom stereocenters. The highest BCUT2D eigenvalue weighted by Crippen LogP contribution is 2.30. The molecule has 1 aromatic carbocycles. The lowest BCUT2D eigenvalue weighted by Crippen LogP contribution is -2.44. The summed E-state index contributed by atoms with van der Waals surface area (Å²) < 4.78 is 0. The average Bonchev–Trinajstić information content (AvgIpc) is 2.46. The van der Waals surface area contributed by atoms with Gasteiger partial charge in [-0.05, 0) is 45.2 Å². The molecule has 1 aliphatic heterocycles. The van der Waals surface area contributed by atoms with Crippen LogP contribution < -0.4 is 4.90 Å². The summed E-state index contributed by atoms with van der Waals surface area (Å²) in [4.78, 5) is 7.15. The minimum absolute atomic E-state index is 0.485. The molecule has 102 valence electrons. The predicted molar refractivity (Wildman–Crippen MR) is 81.7 cm³/mol. The van der Waals surface area contributed by atoms with Gasteiger partial charge in [-0.2, -0.15) is 5.26 Å². The number of pyridine rings is 1. The summed E-state index contributed by atoms with van der Waals surface area (Å²) in [6.07, 6.45) is 3.67. The van der Waals surface area contributed by atoms with Crippen molar-refractivity contribution in [1.29, 1.82) is 5.26 Å². The quantitative estimate of drug-likeness (QED) is 0.785. The number of anilines is 1. The van der Waals surface area contributed by atoms with E-state index in [1.807, 2.05) is 30.3 Å². The fraction of sp³-hybridized carbons (Fsp3) is 0.412. The first-order valence-corrected chi connectivity index (χ1v) is 7.29. The summed E-state index contributed by atoms with van der Waals surface area (Å²) >= 11 is 0. The molecule has 1 aromatic heterocycles. The molecule has 0 radical (unpaired) electrons. The molecule has 0 spiro atoms. The Morgan fingerprint density at radius 1 is 1.20 bits per heavy atom. The number of piperidine rings is 1. The zero-order chi connectivity index (χ0) is 14.1. The van der Waals surface area contributed by atoms with Gasteiger partial charge in [-0.3, -0.25) is 0 Å². The van der Waals surface area contributed by atoms with Gasteiger partial charge in [-0.1, -0.05) is 18.2 Å². The van der Waals surface area contributed by atoms with Crippen molar-refractivity contribution in [1.82, 2.24) is 4.98 Å². The molecule has 2 aromatic rings. The van der Waals surface area contributed by atoms with Crippen LogP contribution in [-0.2, 0) is 0 Å². The second kappa shape index (κ2) is 5.13. The van der Waals surface area contributed by atoms with Gasteiger partial charge >= 0.3 is 0 Å². The van der Waals surface area contributed by atoms with E-state index in [4.69, 9.17) is 4.98 Å². The van der Waals surface area contributed by atoms with Crippen molar-refractivity contribution < 1.29 is 0 Å². The van der Waals surface area contributed by atoms with Gasteiger partial charge in [0.2, 0.25) is 0 Å². The standard InChI is InChI=1S/C17H19N3/c1-12-6-5-7-13(2)20(12)17-10-14(11-18)15-8-3-4-9-16(15)19-17/h3-4,8-10,12-13H,5-7H2,1-2H3/t12-,13+. The van der Waals surface area contributed by atoms with E-state index in [1.54, 1.807) is 0 Å². The third-order valence-electron chi connectivity index (χ3n) is 4.28. The highest BCUT2D eigenvalue weighted by molar-refractivity contribution is 5.86. The maximum Gasteiger partial charge on any atom is 0.131 e. The molecule has 1 fully saturated rings. The summed E-state index contributed by atoms with van der Waals surface area (Å²) in [5.74, 6) is 0.944. The Balaban J connectivity index is 2.14. The van der Waals surface area contributed by atoms with Gasteiger partial charge in [0.25, 0.3) is 0 Å². The van der Waals surface area contributed by atoms with Crippen molar-refractivity contribution in [3.63, 3.8) is 0 Å². The molecule has 3 nitrogen and oxygen atoms in total. The smallest absolute Gasteiger partial charge is 0.131 e. The third-order valence-corrected chi connectivity index (χ3v) is 4.28. The van der Waals surface area contributed by atoms with E-state index in [2.05, 4.69) is 24.8 Å². The molecule has 0 bridgehead atoms. The predicted octanol–water partition coefficient (Wildman–Crippen LogP) is 3.87. The molecule has 0 saturated carbocycles. The Morgan fingerprint density at radius 3 is 2.60 bits per heavy atom. The largest absolute Gasteiger partial charge is 0.351 e. The number of para-hydroxylation sites is 1. The first-order valence-electron chi connectivity index (χ1n) is 7.29. The number of nitriles is 1. The van der Waals surface area contributed by atoms with Crippen LogP contribution in [0.5, 0.6) is 0 Å². The second-order valence-corrected chi connectivity index (χ2v) is 5.69. The Labute approximate surface area is 119 Å². The maximum atomic E-state index is 9.39. The van der Waals surface area contributed by atoms with Crippen molar-refractivity contribution in [3.05, 3.63) is 35.9 Å². The lowest BCUT2D eigenvalue weighted by molar-refractivity contribution is 0.411. The Morgan fingerprint density at radius 2 is 1.90 bits per heavy atom. The van der Waals surface area contributed by atoms with Crippen LogP contribution in [0.2, 0.25) is 0 Å². The molecule has 3 heteroatoms. The first-order chi connectivity index (χ1) is 9.70. The molecule has 2 heterocycles. The van der Waals surface area contributed by atoms with E-state index in [1.165, 1.54) is 19.3 Å². The molecule has 1 aliphatic rings. The van der Waals surface area contributed by atoms with E-state index in [0.717, 1.165) is 22.3 Å². The Kier molecular flexibility index (Phi) is 3.31. The molecule has 3 rings (SSSR count). The summed E-state index contributed by atoms with van der Waals surface area (Å²) in [7, 11) is 0. The number of hydrogen-bond acceptors (Lipinski definition) is 3. The van der Waals surface area contributed by atoms with Gasteiger partial charge < -0.3 is 4.90 Å². The molecule has 0 aliphatic carbocycles. The molecular formula is C17H19N3. The molecule has 0 unspecified atom stereocenters. The van der Waals surface area contributed by atoms with E-state index >= 15 is 0 Å². The summed E-state index contributed by atoms with van der Waals surface area (Å²) in [6, 6.07) is 13.1. The summed E-state index contributed by atoms with van der Waals surface area (Å²) in [5.41, 5.74) is 1.63. The lowest BCUT2D eigenvalue weighted by Gasteiger charge is -2.40. The highest BCUT2D eigenvalue weighted by atomic mass is 15.2. The number of benzene rings is 1. The number of nitrogens with zero attached hydrogens (tertiary/aromatic N) is 3. The Bertz CT molecular complexity index is 661. The number of fused-ring (bicyclic) bond motifs is 1. The van der Waals surface area contributed by atoms with Gasteiger partial charge in [-0.15, -0.1) is 0 Å². The van der Waals surface area contributed by atoms with Crippen LogP contribution in [0.15, 0.2) is 30.3 Å². The fourth-order valence-corrected chi connectivity index (χ4v) is 3.26. The van der Waals surface area contributed by atoms with Gasteiger partial charge in [0.15, 0.2) is 0 Å². The van der Waals surface area contributed by atoms with Gasteiger partial charge in [0, 0.05) is 17.5 Å². The van der Waals surface area contributed by atoms with Crippen LogP contribution in [0.3, 0.4) is 0 Å². The zero-order valence-electron chi connectivity index (χ0n) is 12.0. The maximum absolute atomic E-state index is 9.39.